The summed E-state index contributed by atoms with van der Waals surface area (Å²) in [6, 6.07) is 11.9. The smallest absolute Gasteiger partial charge is 0.225 e. The zero-order valence-electron chi connectivity index (χ0n) is 13.4. The number of ether oxygens (including phenoxy) is 1. The summed E-state index contributed by atoms with van der Waals surface area (Å²) in [6.07, 6.45) is 0.346. The van der Waals surface area contributed by atoms with Crippen molar-refractivity contribution in [2.45, 2.75) is 19.9 Å². The maximum absolute atomic E-state index is 12.8. The Hall–Kier alpha value is -2.40. The van der Waals surface area contributed by atoms with Crippen molar-refractivity contribution in [3.05, 3.63) is 59.4 Å². The van der Waals surface area contributed by atoms with Crippen molar-refractivity contribution in [1.29, 1.82) is 0 Å². The molecule has 0 radical (unpaired) electrons. The molecular weight excluding hydrogens is 295 g/mol. The van der Waals surface area contributed by atoms with Crippen LogP contribution in [0.25, 0.3) is 0 Å². The van der Waals surface area contributed by atoms with E-state index in [-0.39, 0.29) is 11.7 Å². The number of anilines is 1. The highest BCUT2D eigenvalue weighted by Gasteiger charge is 2.07. The molecule has 0 unspecified atom stereocenters. The van der Waals surface area contributed by atoms with Crippen LogP contribution < -0.4 is 15.4 Å². The van der Waals surface area contributed by atoms with Gasteiger partial charge in [0.15, 0.2) is 0 Å². The molecule has 2 N–H and O–H groups in total. The molecule has 0 aliphatic rings. The topological polar surface area (TPSA) is 50.4 Å². The number of hydrogen-bond donors (Lipinski definition) is 2. The van der Waals surface area contributed by atoms with Crippen molar-refractivity contribution >= 4 is 11.6 Å². The summed E-state index contributed by atoms with van der Waals surface area (Å²) in [6.45, 7) is 3.10. The first kappa shape index (κ1) is 17.0. The minimum absolute atomic E-state index is 0.0829. The second-order valence-corrected chi connectivity index (χ2v) is 5.31. The fraction of sp³-hybridized carbons (Fsp3) is 0.278. The molecule has 0 spiro atoms. The molecule has 0 aliphatic carbocycles. The number of methoxy groups -OCH3 is 1. The zero-order chi connectivity index (χ0) is 16.7. The van der Waals surface area contributed by atoms with Gasteiger partial charge < -0.3 is 15.4 Å². The summed E-state index contributed by atoms with van der Waals surface area (Å²) in [5.41, 5.74) is 2.71. The molecule has 0 bridgehead atoms. The Morgan fingerprint density at radius 3 is 2.61 bits per heavy atom. The van der Waals surface area contributed by atoms with Crippen LogP contribution in [0.4, 0.5) is 10.1 Å². The molecular formula is C18H21FN2O2. The van der Waals surface area contributed by atoms with E-state index in [0.29, 0.717) is 30.9 Å². The van der Waals surface area contributed by atoms with Gasteiger partial charge in [0, 0.05) is 19.5 Å². The highest BCUT2D eigenvalue weighted by molar-refractivity contribution is 5.92. The van der Waals surface area contributed by atoms with Crippen molar-refractivity contribution in [1.82, 2.24) is 5.32 Å². The molecule has 0 atom stereocenters. The third-order valence-corrected chi connectivity index (χ3v) is 3.40. The fourth-order valence-electron chi connectivity index (χ4n) is 2.17. The quantitative estimate of drug-likeness (QED) is 0.771. The maximum Gasteiger partial charge on any atom is 0.225 e. The Morgan fingerprint density at radius 1 is 1.17 bits per heavy atom. The normalized spacial score (nSPS) is 10.4. The van der Waals surface area contributed by atoms with E-state index in [4.69, 9.17) is 4.74 Å². The van der Waals surface area contributed by atoms with Crippen molar-refractivity contribution < 1.29 is 13.9 Å². The summed E-state index contributed by atoms with van der Waals surface area (Å²) >= 11 is 0. The minimum Gasteiger partial charge on any atom is -0.495 e. The largest absolute Gasteiger partial charge is 0.495 e. The molecule has 2 aromatic carbocycles. The van der Waals surface area contributed by atoms with Crippen LogP contribution >= 0.6 is 0 Å². The molecule has 0 fully saturated rings. The number of rotatable bonds is 7. The van der Waals surface area contributed by atoms with Crippen LogP contribution in [0.5, 0.6) is 5.75 Å². The van der Waals surface area contributed by atoms with Crippen LogP contribution in [0.3, 0.4) is 0 Å². The predicted molar refractivity (Wildman–Crippen MR) is 89.1 cm³/mol. The fourth-order valence-corrected chi connectivity index (χ4v) is 2.17. The molecule has 0 saturated heterocycles. The average Bonchev–Trinajstić information content (AvgIpc) is 2.53. The molecule has 23 heavy (non-hydrogen) atoms. The molecule has 2 rings (SSSR count). The van der Waals surface area contributed by atoms with Crippen LogP contribution in [0, 0.1) is 12.7 Å². The Balaban J connectivity index is 1.77. The molecule has 0 saturated carbocycles. The Bertz CT molecular complexity index is 657. The number of carbonyl (C=O) groups is 1. The van der Waals surface area contributed by atoms with E-state index in [9.17, 15) is 9.18 Å². The summed E-state index contributed by atoms with van der Waals surface area (Å²) in [5, 5.41) is 6.02. The molecule has 4 nitrogen and oxygen atoms in total. The number of amides is 1. The predicted octanol–water partition coefficient (Wildman–Crippen LogP) is 3.26. The third-order valence-electron chi connectivity index (χ3n) is 3.40. The van der Waals surface area contributed by atoms with E-state index in [0.717, 1.165) is 11.1 Å². The van der Waals surface area contributed by atoms with Gasteiger partial charge in [-0.25, -0.2) is 4.39 Å². The van der Waals surface area contributed by atoms with Gasteiger partial charge in [0.05, 0.1) is 12.8 Å². The maximum atomic E-state index is 12.8. The van der Waals surface area contributed by atoms with Gasteiger partial charge in [-0.15, -0.1) is 0 Å². The van der Waals surface area contributed by atoms with Crippen molar-refractivity contribution in [2.24, 2.45) is 0 Å². The van der Waals surface area contributed by atoms with Crippen molar-refractivity contribution in [3.63, 3.8) is 0 Å². The van der Waals surface area contributed by atoms with Gasteiger partial charge in [0.25, 0.3) is 0 Å². The van der Waals surface area contributed by atoms with Gasteiger partial charge in [-0.05, 0) is 42.3 Å². The number of hydrogen-bond acceptors (Lipinski definition) is 3. The van der Waals surface area contributed by atoms with E-state index < -0.39 is 0 Å². The number of halogens is 1. The number of aryl methyl sites for hydroxylation is 1. The van der Waals surface area contributed by atoms with Crippen molar-refractivity contribution in [2.75, 3.05) is 19.0 Å². The SMILES string of the molecule is COc1ccc(C)cc1NC(=O)CCNCc1ccc(F)cc1. The lowest BCUT2D eigenvalue weighted by Gasteiger charge is -2.11. The number of carbonyl (C=O) groups excluding carboxylic acids is 1. The first-order valence-corrected chi connectivity index (χ1v) is 7.48. The van der Waals surface area contributed by atoms with E-state index in [2.05, 4.69) is 10.6 Å². The van der Waals surface area contributed by atoms with Gasteiger partial charge in [-0.3, -0.25) is 4.79 Å². The minimum atomic E-state index is -0.250. The molecule has 122 valence electrons. The van der Waals surface area contributed by atoms with Gasteiger partial charge in [0.1, 0.15) is 11.6 Å². The van der Waals surface area contributed by atoms with E-state index in [1.807, 2.05) is 25.1 Å². The van der Waals surface area contributed by atoms with Gasteiger partial charge in [-0.2, -0.15) is 0 Å². The van der Waals surface area contributed by atoms with Gasteiger partial charge >= 0.3 is 0 Å². The molecule has 1 amide bonds. The Labute approximate surface area is 135 Å². The zero-order valence-corrected chi connectivity index (χ0v) is 13.4. The molecule has 0 aliphatic heterocycles. The summed E-state index contributed by atoms with van der Waals surface area (Å²) < 4.78 is 18.0. The summed E-state index contributed by atoms with van der Waals surface area (Å²) in [4.78, 5) is 12.0. The van der Waals surface area contributed by atoms with E-state index in [1.54, 1.807) is 19.2 Å². The molecule has 0 heterocycles. The van der Waals surface area contributed by atoms with E-state index >= 15 is 0 Å². The van der Waals surface area contributed by atoms with Crippen molar-refractivity contribution in [3.8, 4) is 5.75 Å². The summed E-state index contributed by atoms with van der Waals surface area (Å²) in [5.74, 6) is 0.309. The lowest BCUT2D eigenvalue weighted by atomic mass is 10.2. The Kier molecular flexibility index (Phi) is 6.11. The monoisotopic (exact) mass is 316 g/mol. The lowest BCUT2D eigenvalue weighted by molar-refractivity contribution is -0.116. The lowest BCUT2D eigenvalue weighted by Crippen LogP contribution is -2.21. The first-order valence-electron chi connectivity index (χ1n) is 7.48. The number of nitrogens with one attached hydrogen (secondary N) is 2. The van der Waals surface area contributed by atoms with Gasteiger partial charge in [0.2, 0.25) is 5.91 Å². The van der Waals surface area contributed by atoms with Crippen LogP contribution in [-0.4, -0.2) is 19.6 Å². The second-order valence-electron chi connectivity index (χ2n) is 5.31. The van der Waals surface area contributed by atoms with E-state index in [1.165, 1.54) is 12.1 Å². The second kappa shape index (κ2) is 8.29. The Morgan fingerprint density at radius 2 is 1.91 bits per heavy atom. The van der Waals surface area contributed by atoms with Crippen LogP contribution in [0.1, 0.15) is 17.5 Å². The van der Waals surface area contributed by atoms with Crippen LogP contribution in [-0.2, 0) is 11.3 Å². The highest BCUT2D eigenvalue weighted by Crippen LogP contribution is 2.25. The molecule has 0 aromatic heterocycles. The highest BCUT2D eigenvalue weighted by atomic mass is 19.1. The first-order chi connectivity index (χ1) is 11.1. The summed E-state index contributed by atoms with van der Waals surface area (Å²) in [7, 11) is 1.57. The third kappa shape index (κ3) is 5.38. The van der Waals surface area contributed by atoms with Crippen LogP contribution in [0.15, 0.2) is 42.5 Å². The van der Waals surface area contributed by atoms with Gasteiger partial charge in [-0.1, -0.05) is 18.2 Å². The van der Waals surface area contributed by atoms with Crippen LogP contribution in [0.2, 0.25) is 0 Å². The molecule has 5 heteroatoms. The average molecular weight is 316 g/mol. The molecule has 2 aromatic rings. The standard InChI is InChI=1S/C18H21FN2O2/c1-13-3-8-17(23-2)16(11-13)21-18(22)9-10-20-12-14-4-6-15(19)7-5-14/h3-8,11,20H,9-10,12H2,1-2H3,(H,21,22). The number of benzene rings is 2.